The summed E-state index contributed by atoms with van der Waals surface area (Å²) in [6.07, 6.45) is 0.117. The lowest BCUT2D eigenvalue weighted by atomic mass is 10.2. The van der Waals surface area contributed by atoms with Crippen molar-refractivity contribution in [2.24, 2.45) is 5.92 Å². The van der Waals surface area contributed by atoms with E-state index in [1.54, 1.807) is 27.8 Å². The molecular formula is C11H20N2O3. The van der Waals surface area contributed by atoms with E-state index >= 15 is 0 Å². The number of amides is 2. The Morgan fingerprint density at radius 1 is 1.38 bits per heavy atom. The maximum absolute atomic E-state index is 11.6. The summed E-state index contributed by atoms with van der Waals surface area (Å²) in [5.41, 5.74) is -1.32. The molecule has 1 rings (SSSR count). The summed E-state index contributed by atoms with van der Waals surface area (Å²) in [6.45, 7) is 7.28. The van der Waals surface area contributed by atoms with Gasteiger partial charge in [-0.2, -0.15) is 0 Å². The standard InChI is InChI=1S/C11H20N2O3/c1-7-6-11(7,8(14)12-5)13-9(15)16-10(2,3)4/h7H,6H2,1-5H3,(H,12,14)(H,13,15). The van der Waals surface area contributed by atoms with E-state index in [1.807, 2.05) is 6.92 Å². The second-order valence-corrected chi connectivity index (χ2v) is 5.28. The van der Waals surface area contributed by atoms with Crippen LogP contribution in [0.5, 0.6) is 0 Å². The van der Waals surface area contributed by atoms with Gasteiger partial charge in [0.15, 0.2) is 0 Å². The molecule has 0 spiro atoms. The third kappa shape index (κ3) is 2.65. The summed E-state index contributed by atoms with van der Waals surface area (Å²) in [5, 5.41) is 5.21. The van der Waals surface area contributed by atoms with Crippen molar-refractivity contribution in [1.82, 2.24) is 10.6 Å². The molecule has 0 aliphatic heterocycles. The summed E-state index contributed by atoms with van der Waals surface area (Å²) < 4.78 is 5.13. The van der Waals surface area contributed by atoms with Crippen molar-refractivity contribution in [3.05, 3.63) is 0 Å². The molecule has 0 aromatic rings. The highest BCUT2D eigenvalue weighted by molar-refractivity contribution is 5.93. The molecule has 5 nitrogen and oxygen atoms in total. The predicted molar refractivity (Wildman–Crippen MR) is 59.9 cm³/mol. The van der Waals surface area contributed by atoms with Crippen LogP contribution < -0.4 is 10.6 Å². The van der Waals surface area contributed by atoms with Crippen LogP contribution in [-0.2, 0) is 9.53 Å². The number of likely N-dealkylation sites (N-methyl/N-ethyl adjacent to an activating group) is 1. The minimum Gasteiger partial charge on any atom is -0.444 e. The topological polar surface area (TPSA) is 67.4 Å². The van der Waals surface area contributed by atoms with Gasteiger partial charge in [-0.1, -0.05) is 6.92 Å². The van der Waals surface area contributed by atoms with E-state index in [0.717, 1.165) is 0 Å². The molecule has 1 aliphatic carbocycles. The largest absolute Gasteiger partial charge is 0.444 e. The summed E-state index contributed by atoms with van der Waals surface area (Å²) in [5.74, 6) is -0.00849. The maximum atomic E-state index is 11.6. The second kappa shape index (κ2) is 3.96. The first-order valence-corrected chi connectivity index (χ1v) is 5.44. The number of rotatable bonds is 2. The van der Waals surface area contributed by atoms with Gasteiger partial charge in [-0.3, -0.25) is 4.79 Å². The number of carbonyl (C=O) groups excluding carboxylic acids is 2. The minimum absolute atomic E-state index is 0.153. The summed E-state index contributed by atoms with van der Waals surface area (Å²) in [7, 11) is 1.56. The highest BCUT2D eigenvalue weighted by atomic mass is 16.6. The van der Waals surface area contributed by atoms with Crippen molar-refractivity contribution in [1.29, 1.82) is 0 Å². The molecule has 2 unspecified atom stereocenters. The average Bonchev–Trinajstić information content (AvgIpc) is 2.72. The average molecular weight is 228 g/mol. The van der Waals surface area contributed by atoms with Gasteiger partial charge in [0.25, 0.3) is 0 Å². The summed E-state index contributed by atoms with van der Waals surface area (Å²) in [6, 6.07) is 0. The Bertz CT molecular complexity index is 309. The molecule has 2 atom stereocenters. The molecule has 0 saturated heterocycles. The van der Waals surface area contributed by atoms with Crippen molar-refractivity contribution in [3.63, 3.8) is 0 Å². The Labute approximate surface area is 95.9 Å². The number of carbonyl (C=O) groups is 2. The molecule has 2 amide bonds. The Hall–Kier alpha value is -1.26. The van der Waals surface area contributed by atoms with Crippen molar-refractivity contribution >= 4 is 12.0 Å². The molecule has 0 aromatic carbocycles. The third-order valence-corrected chi connectivity index (χ3v) is 2.67. The Morgan fingerprint density at radius 2 is 1.88 bits per heavy atom. The maximum Gasteiger partial charge on any atom is 0.408 e. The zero-order valence-electron chi connectivity index (χ0n) is 10.5. The van der Waals surface area contributed by atoms with Crippen molar-refractivity contribution in [2.45, 2.75) is 45.3 Å². The van der Waals surface area contributed by atoms with Gasteiger partial charge in [0.05, 0.1) is 0 Å². The number of ether oxygens (including phenoxy) is 1. The molecule has 0 bridgehead atoms. The van der Waals surface area contributed by atoms with E-state index in [4.69, 9.17) is 4.74 Å². The van der Waals surface area contributed by atoms with Crippen LogP contribution in [0.15, 0.2) is 0 Å². The van der Waals surface area contributed by atoms with Gasteiger partial charge < -0.3 is 15.4 Å². The normalized spacial score (nSPS) is 28.2. The fraction of sp³-hybridized carbons (Fsp3) is 0.818. The quantitative estimate of drug-likeness (QED) is 0.742. The lowest BCUT2D eigenvalue weighted by Crippen LogP contribution is -2.50. The van der Waals surface area contributed by atoms with Gasteiger partial charge in [0, 0.05) is 7.05 Å². The van der Waals surface area contributed by atoms with Crippen LogP contribution in [0.2, 0.25) is 0 Å². The smallest absolute Gasteiger partial charge is 0.408 e. The molecular weight excluding hydrogens is 208 g/mol. The Morgan fingerprint density at radius 3 is 2.19 bits per heavy atom. The monoisotopic (exact) mass is 228 g/mol. The molecule has 0 heterocycles. The highest BCUT2D eigenvalue weighted by Gasteiger charge is 2.58. The van der Waals surface area contributed by atoms with Gasteiger partial charge in [0.1, 0.15) is 11.1 Å². The highest BCUT2D eigenvalue weighted by Crippen LogP contribution is 2.43. The number of alkyl carbamates (subject to hydrolysis) is 1. The molecule has 5 heteroatoms. The van der Waals surface area contributed by atoms with E-state index in [1.165, 1.54) is 0 Å². The van der Waals surface area contributed by atoms with Crippen LogP contribution in [0, 0.1) is 5.92 Å². The van der Waals surface area contributed by atoms with Gasteiger partial charge in [-0.05, 0) is 33.1 Å². The summed E-state index contributed by atoms with van der Waals surface area (Å²) >= 11 is 0. The Kier molecular flexibility index (Phi) is 3.17. The van der Waals surface area contributed by atoms with Crippen molar-refractivity contribution in [3.8, 4) is 0 Å². The first-order chi connectivity index (χ1) is 7.21. The van der Waals surface area contributed by atoms with Crippen LogP contribution >= 0.6 is 0 Å². The number of hydrogen-bond acceptors (Lipinski definition) is 3. The molecule has 0 aromatic heterocycles. The van der Waals surface area contributed by atoms with Gasteiger partial charge in [0.2, 0.25) is 5.91 Å². The van der Waals surface area contributed by atoms with E-state index in [-0.39, 0.29) is 11.8 Å². The first kappa shape index (κ1) is 12.8. The van der Waals surface area contributed by atoms with Gasteiger partial charge in [-0.25, -0.2) is 4.79 Å². The van der Waals surface area contributed by atoms with Crippen molar-refractivity contribution in [2.75, 3.05) is 7.05 Å². The second-order valence-electron chi connectivity index (χ2n) is 5.28. The lowest BCUT2D eigenvalue weighted by molar-refractivity contribution is -0.124. The molecule has 1 aliphatic rings. The molecule has 1 fully saturated rings. The van der Waals surface area contributed by atoms with Crippen molar-refractivity contribution < 1.29 is 14.3 Å². The van der Waals surface area contributed by atoms with Crippen LogP contribution in [0.4, 0.5) is 4.79 Å². The molecule has 2 N–H and O–H groups in total. The fourth-order valence-electron chi connectivity index (χ4n) is 1.68. The number of nitrogens with one attached hydrogen (secondary N) is 2. The zero-order valence-corrected chi connectivity index (χ0v) is 10.5. The van der Waals surface area contributed by atoms with Gasteiger partial charge >= 0.3 is 6.09 Å². The minimum atomic E-state index is -0.767. The van der Waals surface area contributed by atoms with Gasteiger partial charge in [-0.15, -0.1) is 0 Å². The van der Waals surface area contributed by atoms with Crippen LogP contribution in [0.3, 0.4) is 0 Å². The third-order valence-electron chi connectivity index (χ3n) is 2.67. The SMILES string of the molecule is CNC(=O)C1(NC(=O)OC(C)(C)C)CC1C. The summed E-state index contributed by atoms with van der Waals surface area (Å²) in [4.78, 5) is 23.2. The van der Waals surface area contributed by atoms with Crippen LogP contribution in [0.1, 0.15) is 34.1 Å². The molecule has 92 valence electrons. The number of hydrogen-bond donors (Lipinski definition) is 2. The molecule has 1 saturated carbocycles. The molecule has 16 heavy (non-hydrogen) atoms. The van der Waals surface area contributed by atoms with E-state index in [9.17, 15) is 9.59 Å². The lowest BCUT2D eigenvalue weighted by Gasteiger charge is -2.23. The Balaban J connectivity index is 2.59. The van der Waals surface area contributed by atoms with E-state index in [0.29, 0.717) is 6.42 Å². The van der Waals surface area contributed by atoms with E-state index < -0.39 is 17.2 Å². The fourth-order valence-corrected chi connectivity index (χ4v) is 1.68. The van der Waals surface area contributed by atoms with Crippen LogP contribution in [-0.4, -0.2) is 30.2 Å². The zero-order chi connectivity index (χ0) is 12.6. The molecule has 0 radical (unpaired) electrons. The van der Waals surface area contributed by atoms with E-state index in [2.05, 4.69) is 10.6 Å². The van der Waals surface area contributed by atoms with Crippen LogP contribution in [0.25, 0.3) is 0 Å². The first-order valence-electron chi connectivity index (χ1n) is 5.44. The predicted octanol–water partition coefficient (Wildman–Crippen LogP) is 1.04.